The van der Waals surface area contributed by atoms with Crippen molar-refractivity contribution in [1.82, 2.24) is 0 Å². The lowest BCUT2D eigenvalue weighted by molar-refractivity contribution is -0.137. The van der Waals surface area contributed by atoms with Gasteiger partial charge in [-0.15, -0.1) is 0 Å². The zero-order valence-electron chi connectivity index (χ0n) is 15.0. The predicted octanol–water partition coefficient (Wildman–Crippen LogP) is 3.99. The number of nitrogens with one attached hydrogen (secondary N) is 1. The first kappa shape index (κ1) is 21.2. The molecule has 1 aliphatic rings. The molecule has 1 heterocycles. The van der Waals surface area contributed by atoms with Crippen LogP contribution in [0.3, 0.4) is 0 Å². The molecule has 0 saturated carbocycles. The first-order chi connectivity index (χ1) is 13.5. The fraction of sp³-hybridized carbons (Fsp3) is 0.222. The van der Waals surface area contributed by atoms with Crippen molar-refractivity contribution in [1.29, 1.82) is 0 Å². The van der Waals surface area contributed by atoms with E-state index in [1.165, 1.54) is 42.1 Å². The van der Waals surface area contributed by atoms with E-state index in [9.17, 15) is 26.4 Å². The fourth-order valence-electron chi connectivity index (χ4n) is 2.44. The number of sulfone groups is 1. The molecule has 1 amide bonds. The lowest BCUT2D eigenvalue weighted by atomic mass is 10.1. The number of anilines is 1. The van der Waals surface area contributed by atoms with Gasteiger partial charge in [0.15, 0.2) is 14.9 Å². The minimum absolute atomic E-state index is 0.0525. The van der Waals surface area contributed by atoms with E-state index in [1.54, 1.807) is 0 Å². The Labute approximate surface area is 169 Å². The highest BCUT2D eigenvalue weighted by Crippen LogP contribution is 2.36. The lowest BCUT2D eigenvalue weighted by Gasteiger charge is -2.14. The molecule has 11 heteroatoms. The number of alkyl halides is 3. The van der Waals surface area contributed by atoms with Crippen molar-refractivity contribution in [3.8, 4) is 11.5 Å². The molecule has 2 aromatic carbocycles. The van der Waals surface area contributed by atoms with Crippen LogP contribution in [0.2, 0.25) is 0 Å². The average Bonchev–Trinajstić information content (AvgIpc) is 3.15. The second-order valence-electron chi connectivity index (χ2n) is 6.08. The summed E-state index contributed by atoms with van der Waals surface area (Å²) < 4.78 is 68.2. The third kappa shape index (κ3) is 5.51. The highest BCUT2D eigenvalue weighted by molar-refractivity contribution is 8.16. The van der Waals surface area contributed by atoms with Gasteiger partial charge < -0.3 is 10.1 Å². The van der Waals surface area contributed by atoms with E-state index in [0.29, 0.717) is 12.3 Å². The molecule has 0 atom stereocenters. The topological polar surface area (TPSA) is 84.8 Å². The number of carbonyl (C=O) groups is 1. The molecule has 2 aromatic rings. The lowest BCUT2D eigenvalue weighted by Crippen LogP contribution is -2.19. The van der Waals surface area contributed by atoms with Crippen molar-refractivity contribution in [2.75, 3.05) is 23.9 Å². The number of carbonyl (C=O) groups excluding carboxylic acids is 1. The molecule has 0 spiro atoms. The quantitative estimate of drug-likeness (QED) is 0.754. The van der Waals surface area contributed by atoms with E-state index in [-0.39, 0.29) is 27.1 Å². The van der Waals surface area contributed by atoms with E-state index in [2.05, 4.69) is 10.3 Å². The maximum atomic E-state index is 13.2. The Morgan fingerprint density at radius 2 is 1.83 bits per heavy atom. The molecule has 1 aliphatic heterocycles. The number of hydrogen-bond donors (Lipinski definition) is 1. The standard InChI is InChI=1S/C18H15F3N2O4S2/c1-29(25,26)15-4-2-13(3-5-15)27-14-9-11(18(19,20)21)8-12(10-14)23-16(24)17-22-6-7-28-17/h2-5,8-10H,6-7H2,1H3,(H,23,24). The Kier molecular flexibility index (Phi) is 5.90. The number of thioether (sulfide) groups is 1. The molecule has 0 bridgehead atoms. The van der Waals surface area contributed by atoms with Gasteiger partial charge >= 0.3 is 6.18 Å². The van der Waals surface area contributed by atoms with Crippen LogP contribution >= 0.6 is 11.8 Å². The molecular weight excluding hydrogens is 429 g/mol. The summed E-state index contributed by atoms with van der Waals surface area (Å²) >= 11 is 1.22. The largest absolute Gasteiger partial charge is 0.457 e. The fourth-order valence-corrected chi connectivity index (χ4v) is 3.81. The first-order valence-electron chi connectivity index (χ1n) is 8.21. The molecule has 29 heavy (non-hydrogen) atoms. The Bertz CT molecular complexity index is 1070. The number of amides is 1. The zero-order valence-corrected chi connectivity index (χ0v) is 16.6. The van der Waals surface area contributed by atoms with Crippen LogP contribution in [0, 0.1) is 0 Å². The van der Waals surface area contributed by atoms with Gasteiger partial charge in [-0.1, -0.05) is 11.8 Å². The van der Waals surface area contributed by atoms with Crippen molar-refractivity contribution in [2.45, 2.75) is 11.1 Å². The Morgan fingerprint density at radius 3 is 2.38 bits per heavy atom. The van der Waals surface area contributed by atoms with Gasteiger partial charge in [0.25, 0.3) is 5.91 Å². The number of rotatable bonds is 5. The molecule has 154 valence electrons. The van der Waals surface area contributed by atoms with Crippen LogP contribution in [0.15, 0.2) is 52.4 Å². The van der Waals surface area contributed by atoms with Gasteiger partial charge in [-0.3, -0.25) is 9.79 Å². The van der Waals surface area contributed by atoms with Crippen LogP contribution in [0.25, 0.3) is 0 Å². The van der Waals surface area contributed by atoms with Gasteiger partial charge in [-0.25, -0.2) is 8.42 Å². The number of aliphatic imine (C=N–C) groups is 1. The molecule has 6 nitrogen and oxygen atoms in total. The predicted molar refractivity (Wildman–Crippen MR) is 104 cm³/mol. The monoisotopic (exact) mass is 444 g/mol. The van der Waals surface area contributed by atoms with Crippen LogP contribution < -0.4 is 10.1 Å². The van der Waals surface area contributed by atoms with Gasteiger partial charge in [-0.05, 0) is 36.4 Å². The van der Waals surface area contributed by atoms with Crippen LogP contribution in [0.1, 0.15) is 5.56 Å². The summed E-state index contributed by atoms with van der Waals surface area (Å²) in [6, 6.07) is 8.09. The SMILES string of the molecule is CS(=O)(=O)c1ccc(Oc2cc(NC(=O)C3=NCCS3)cc(C(F)(F)F)c2)cc1. The molecule has 0 saturated heterocycles. The average molecular weight is 444 g/mol. The van der Waals surface area contributed by atoms with Gasteiger partial charge in [-0.2, -0.15) is 13.2 Å². The van der Waals surface area contributed by atoms with Crippen molar-refractivity contribution in [2.24, 2.45) is 4.99 Å². The van der Waals surface area contributed by atoms with Crippen molar-refractivity contribution < 1.29 is 31.1 Å². The third-order valence-corrected chi connectivity index (χ3v) is 5.86. The van der Waals surface area contributed by atoms with Gasteiger partial charge in [0.05, 0.1) is 10.5 Å². The van der Waals surface area contributed by atoms with Crippen LogP contribution in [0.5, 0.6) is 11.5 Å². The molecule has 3 rings (SSSR count). The highest BCUT2D eigenvalue weighted by atomic mass is 32.2. The number of nitrogens with zero attached hydrogens (tertiary/aromatic N) is 1. The Balaban J connectivity index is 1.88. The van der Waals surface area contributed by atoms with E-state index in [1.807, 2.05) is 0 Å². The molecule has 0 radical (unpaired) electrons. The van der Waals surface area contributed by atoms with E-state index >= 15 is 0 Å². The van der Waals surface area contributed by atoms with Gasteiger partial charge in [0.1, 0.15) is 11.5 Å². The minimum Gasteiger partial charge on any atom is -0.457 e. The maximum absolute atomic E-state index is 13.2. The Morgan fingerprint density at radius 1 is 1.14 bits per heavy atom. The van der Waals surface area contributed by atoms with Crippen molar-refractivity contribution in [3.63, 3.8) is 0 Å². The summed E-state index contributed by atoms with van der Waals surface area (Å²) in [6.45, 7) is 0.480. The van der Waals surface area contributed by atoms with E-state index < -0.39 is 27.5 Å². The van der Waals surface area contributed by atoms with Crippen LogP contribution in [-0.2, 0) is 20.8 Å². The second-order valence-corrected chi connectivity index (χ2v) is 9.18. The summed E-state index contributed by atoms with van der Waals surface area (Å²) in [5.41, 5.74) is -1.10. The summed E-state index contributed by atoms with van der Waals surface area (Å²) in [4.78, 5) is 16.2. The number of hydrogen-bond acceptors (Lipinski definition) is 6. The molecule has 0 aromatic heterocycles. The molecule has 0 fully saturated rings. The van der Waals surface area contributed by atoms with E-state index in [4.69, 9.17) is 4.74 Å². The molecule has 1 N–H and O–H groups in total. The van der Waals surface area contributed by atoms with Crippen LogP contribution in [0.4, 0.5) is 18.9 Å². The number of ether oxygens (including phenoxy) is 1. The van der Waals surface area contributed by atoms with Crippen LogP contribution in [-0.4, -0.2) is 37.9 Å². The molecule has 0 aliphatic carbocycles. The normalized spacial score (nSPS) is 14.4. The Hall–Kier alpha value is -2.53. The number of halogens is 3. The summed E-state index contributed by atoms with van der Waals surface area (Å²) in [5.74, 6) is 0.0339. The third-order valence-electron chi connectivity index (χ3n) is 3.76. The smallest absolute Gasteiger partial charge is 0.416 e. The number of benzene rings is 2. The molecular formula is C18H15F3N2O4S2. The highest BCUT2D eigenvalue weighted by Gasteiger charge is 2.32. The summed E-state index contributed by atoms with van der Waals surface area (Å²) in [6.07, 6.45) is -3.61. The maximum Gasteiger partial charge on any atom is 0.416 e. The van der Waals surface area contributed by atoms with Crippen molar-refractivity contribution >= 4 is 38.2 Å². The van der Waals surface area contributed by atoms with Gasteiger partial charge in [0, 0.05) is 30.3 Å². The van der Waals surface area contributed by atoms with Gasteiger partial charge in [0.2, 0.25) is 0 Å². The second kappa shape index (κ2) is 8.07. The van der Waals surface area contributed by atoms with Crippen molar-refractivity contribution in [3.05, 3.63) is 48.0 Å². The minimum atomic E-state index is -4.65. The molecule has 0 unspecified atom stereocenters. The summed E-state index contributed by atoms with van der Waals surface area (Å²) in [7, 11) is -3.41. The zero-order chi connectivity index (χ0) is 21.2. The van der Waals surface area contributed by atoms with E-state index in [0.717, 1.165) is 18.4 Å². The summed E-state index contributed by atoms with van der Waals surface area (Å²) in [5, 5.41) is 2.61. The first-order valence-corrected chi connectivity index (χ1v) is 11.1.